The summed E-state index contributed by atoms with van der Waals surface area (Å²) in [5, 5.41) is 18.4. The van der Waals surface area contributed by atoms with E-state index in [1.807, 2.05) is 36.4 Å². The number of nitrogens with zero attached hydrogens (tertiary/aromatic N) is 2. The number of allylic oxidation sites excluding steroid dienone is 2. The molecule has 39 heavy (non-hydrogen) atoms. The summed E-state index contributed by atoms with van der Waals surface area (Å²) < 4.78 is 11.4. The molecule has 0 amide bonds. The lowest BCUT2D eigenvalue weighted by atomic mass is 10.1. The van der Waals surface area contributed by atoms with Gasteiger partial charge in [-0.05, 0) is 76.3 Å². The second-order valence-corrected chi connectivity index (χ2v) is 8.71. The number of ketones is 2. The van der Waals surface area contributed by atoms with E-state index in [1.165, 1.54) is 12.2 Å². The van der Waals surface area contributed by atoms with E-state index in [2.05, 4.69) is 37.5 Å². The standard InChI is InChI=1S/C31H42N2O6/c1-5-32(6-2)26-13-9-24(30(21-26)38-19-17-34)11-15-28(36)23-29(37)16-12-25-10-14-27(33(7-3)8-4)22-31(25)39-20-18-35/h9-16,21-22,34-35H,5-8,17-20,23H2,1-4H3/b15-11+,16-12+. The van der Waals surface area contributed by atoms with Gasteiger partial charge in [0.1, 0.15) is 24.7 Å². The van der Waals surface area contributed by atoms with Gasteiger partial charge in [0.2, 0.25) is 0 Å². The molecule has 2 aromatic carbocycles. The lowest BCUT2D eigenvalue weighted by Crippen LogP contribution is -2.21. The van der Waals surface area contributed by atoms with Crippen molar-refractivity contribution in [1.29, 1.82) is 0 Å². The maximum atomic E-state index is 12.5. The summed E-state index contributed by atoms with van der Waals surface area (Å²) in [4.78, 5) is 29.4. The predicted molar refractivity (Wildman–Crippen MR) is 158 cm³/mol. The van der Waals surface area contributed by atoms with E-state index >= 15 is 0 Å². The lowest BCUT2D eigenvalue weighted by molar-refractivity contribution is -0.121. The van der Waals surface area contributed by atoms with Crippen molar-refractivity contribution in [2.75, 3.05) is 62.4 Å². The van der Waals surface area contributed by atoms with E-state index in [-0.39, 0.29) is 44.4 Å². The second kappa shape index (κ2) is 17.1. The molecule has 8 nitrogen and oxygen atoms in total. The van der Waals surface area contributed by atoms with E-state index in [9.17, 15) is 19.8 Å². The Morgan fingerprint density at radius 1 is 0.692 bits per heavy atom. The van der Waals surface area contributed by atoms with E-state index in [0.717, 1.165) is 37.6 Å². The zero-order valence-electron chi connectivity index (χ0n) is 23.6. The molecule has 0 heterocycles. The van der Waals surface area contributed by atoms with Crippen LogP contribution in [0.3, 0.4) is 0 Å². The maximum Gasteiger partial charge on any atom is 0.163 e. The second-order valence-electron chi connectivity index (χ2n) is 8.71. The van der Waals surface area contributed by atoms with Crippen LogP contribution in [0.1, 0.15) is 45.2 Å². The number of aliphatic hydroxyl groups is 2. The summed E-state index contributed by atoms with van der Waals surface area (Å²) in [6.07, 6.45) is 5.73. The normalized spacial score (nSPS) is 11.2. The van der Waals surface area contributed by atoms with Gasteiger partial charge in [0.05, 0.1) is 19.6 Å². The molecule has 0 aromatic heterocycles. The van der Waals surface area contributed by atoms with Crippen LogP contribution in [0.2, 0.25) is 0 Å². The van der Waals surface area contributed by atoms with Crippen LogP contribution in [0.5, 0.6) is 11.5 Å². The minimum atomic E-state index is -0.334. The van der Waals surface area contributed by atoms with Crippen LogP contribution in [0.15, 0.2) is 48.6 Å². The van der Waals surface area contributed by atoms with Gasteiger partial charge in [0.15, 0.2) is 11.6 Å². The highest BCUT2D eigenvalue weighted by Crippen LogP contribution is 2.28. The van der Waals surface area contributed by atoms with Gasteiger partial charge in [-0.2, -0.15) is 0 Å². The molecule has 0 saturated carbocycles. The monoisotopic (exact) mass is 538 g/mol. The number of benzene rings is 2. The number of carbonyl (C=O) groups is 2. The fourth-order valence-corrected chi connectivity index (χ4v) is 4.11. The van der Waals surface area contributed by atoms with E-state index in [1.54, 1.807) is 12.2 Å². The first kappa shape index (κ1) is 31.6. The van der Waals surface area contributed by atoms with Gasteiger partial charge >= 0.3 is 0 Å². The number of ether oxygens (including phenoxy) is 2. The lowest BCUT2D eigenvalue weighted by Gasteiger charge is -2.22. The van der Waals surface area contributed by atoms with Gasteiger partial charge in [-0.25, -0.2) is 0 Å². The van der Waals surface area contributed by atoms with Crippen molar-refractivity contribution in [3.63, 3.8) is 0 Å². The summed E-state index contributed by atoms with van der Waals surface area (Å²) in [7, 11) is 0. The van der Waals surface area contributed by atoms with Gasteiger partial charge < -0.3 is 29.5 Å². The van der Waals surface area contributed by atoms with E-state index in [0.29, 0.717) is 22.6 Å². The summed E-state index contributed by atoms with van der Waals surface area (Å²) in [6.45, 7) is 11.7. The Hall–Kier alpha value is -3.62. The topological polar surface area (TPSA) is 99.5 Å². The molecule has 0 aliphatic carbocycles. The quantitative estimate of drug-likeness (QED) is 0.213. The van der Waals surface area contributed by atoms with Crippen molar-refractivity contribution in [2.24, 2.45) is 0 Å². The number of hydrogen-bond donors (Lipinski definition) is 2. The minimum absolute atomic E-state index is 0.122. The Morgan fingerprint density at radius 3 is 1.41 bits per heavy atom. The first-order chi connectivity index (χ1) is 18.9. The third-order valence-electron chi connectivity index (χ3n) is 6.20. The molecule has 0 fully saturated rings. The van der Waals surface area contributed by atoms with Crippen molar-refractivity contribution in [3.05, 3.63) is 59.7 Å². The van der Waals surface area contributed by atoms with Gasteiger partial charge in [0, 0.05) is 60.8 Å². The van der Waals surface area contributed by atoms with Gasteiger partial charge in [-0.1, -0.05) is 0 Å². The number of carbonyl (C=O) groups excluding carboxylic acids is 2. The molecule has 0 spiro atoms. The molecule has 0 radical (unpaired) electrons. The molecule has 2 aromatic rings. The highest BCUT2D eigenvalue weighted by molar-refractivity contribution is 6.11. The fraction of sp³-hybridized carbons (Fsp3) is 0.419. The highest BCUT2D eigenvalue weighted by Gasteiger charge is 2.11. The smallest absolute Gasteiger partial charge is 0.163 e. The first-order valence-corrected chi connectivity index (χ1v) is 13.6. The van der Waals surface area contributed by atoms with Crippen LogP contribution in [0.25, 0.3) is 12.2 Å². The highest BCUT2D eigenvalue weighted by atomic mass is 16.5. The largest absolute Gasteiger partial charge is 0.490 e. The van der Waals surface area contributed by atoms with Crippen LogP contribution in [0.4, 0.5) is 11.4 Å². The molecule has 0 aliphatic heterocycles. The summed E-state index contributed by atoms with van der Waals surface area (Å²) in [5.41, 5.74) is 3.36. The average molecular weight is 539 g/mol. The van der Waals surface area contributed by atoms with Crippen molar-refractivity contribution in [2.45, 2.75) is 34.1 Å². The molecule has 2 N–H and O–H groups in total. The Morgan fingerprint density at radius 2 is 1.08 bits per heavy atom. The summed E-state index contributed by atoms with van der Waals surface area (Å²) in [5.74, 6) is 0.456. The Kier molecular flexibility index (Phi) is 13.8. The Labute approximate surface area is 232 Å². The molecule has 0 saturated heterocycles. The van der Waals surface area contributed by atoms with Gasteiger partial charge in [0.25, 0.3) is 0 Å². The summed E-state index contributed by atoms with van der Waals surface area (Å²) >= 11 is 0. The molecule has 0 atom stereocenters. The van der Waals surface area contributed by atoms with Crippen LogP contribution in [-0.4, -0.2) is 74.4 Å². The van der Waals surface area contributed by atoms with Crippen molar-refractivity contribution in [3.8, 4) is 11.5 Å². The molecule has 0 bridgehead atoms. The molecule has 2 rings (SSSR count). The number of rotatable bonds is 18. The molecule has 8 heteroatoms. The van der Waals surface area contributed by atoms with Crippen molar-refractivity contribution in [1.82, 2.24) is 0 Å². The average Bonchev–Trinajstić information content (AvgIpc) is 2.95. The van der Waals surface area contributed by atoms with Crippen molar-refractivity contribution < 1.29 is 29.3 Å². The predicted octanol–water partition coefficient (Wildman–Crippen LogP) is 4.38. The third kappa shape index (κ3) is 9.89. The molecular weight excluding hydrogens is 496 g/mol. The van der Waals surface area contributed by atoms with Crippen molar-refractivity contribution >= 4 is 35.1 Å². The molecular formula is C31H42N2O6. The zero-order chi connectivity index (χ0) is 28.6. The van der Waals surface area contributed by atoms with Crippen LogP contribution in [-0.2, 0) is 9.59 Å². The minimum Gasteiger partial charge on any atom is -0.490 e. The Bertz CT molecular complexity index is 1030. The molecule has 0 aliphatic rings. The number of anilines is 2. The molecule has 212 valence electrons. The summed E-state index contributed by atoms with van der Waals surface area (Å²) in [6, 6.07) is 11.4. The van der Waals surface area contributed by atoms with Crippen LogP contribution < -0.4 is 19.3 Å². The molecule has 0 unspecified atom stereocenters. The fourth-order valence-electron chi connectivity index (χ4n) is 4.11. The Balaban J connectivity index is 2.13. The zero-order valence-corrected chi connectivity index (χ0v) is 23.6. The van der Waals surface area contributed by atoms with Gasteiger partial charge in [-0.3, -0.25) is 9.59 Å². The number of hydrogen-bond acceptors (Lipinski definition) is 8. The van der Waals surface area contributed by atoms with Crippen LogP contribution >= 0.6 is 0 Å². The first-order valence-electron chi connectivity index (χ1n) is 13.6. The maximum absolute atomic E-state index is 12.5. The SMILES string of the molecule is CCN(CC)c1ccc(/C=C/C(=O)CC(=O)/C=C/c2ccc(N(CC)CC)cc2OCCO)c(OCCO)c1. The third-order valence-corrected chi connectivity index (χ3v) is 6.20. The van der Waals surface area contributed by atoms with Gasteiger partial charge in [-0.15, -0.1) is 0 Å². The van der Waals surface area contributed by atoms with E-state index in [4.69, 9.17) is 9.47 Å². The number of aliphatic hydroxyl groups excluding tert-OH is 2. The van der Waals surface area contributed by atoms with Crippen LogP contribution in [0, 0.1) is 0 Å². The van der Waals surface area contributed by atoms with E-state index < -0.39 is 0 Å².